The van der Waals surface area contributed by atoms with Gasteiger partial charge in [0.1, 0.15) is 30.1 Å². The number of aliphatic hydroxyl groups is 2. The average Bonchev–Trinajstić information content (AvgIpc) is 3.00. The second-order valence-corrected chi connectivity index (χ2v) is 7.24. The molecule has 1 aromatic rings. The first-order valence-electron chi connectivity index (χ1n) is 10.0. The first kappa shape index (κ1) is 24.0. The van der Waals surface area contributed by atoms with Crippen molar-refractivity contribution < 1.29 is 38.4 Å². The normalized spacial score (nSPS) is 22.4. The summed E-state index contributed by atoms with van der Waals surface area (Å²) >= 11 is 0. The number of rotatable bonds is 12. The molecule has 0 aromatic heterocycles. The Labute approximate surface area is 175 Å². The fourth-order valence-corrected chi connectivity index (χ4v) is 3.24. The minimum absolute atomic E-state index is 0.0215. The van der Waals surface area contributed by atoms with Crippen molar-refractivity contribution in [2.75, 3.05) is 20.3 Å². The monoisotopic (exact) mass is 424 g/mol. The Balaban J connectivity index is 1.74. The van der Waals surface area contributed by atoms with E-state index in [1.807, 2.05) is 12.2 Å². The highest BCUT2D eigenvalue weighted by Crippen LogP contribution is 2.29. The quantitative estimate of drug-likeness (QED) is 0.301. The summed E-state index contributed by atoms with van der Waals surface area (Å²) in [7, 11) is 1.35. The van der Waals surface area contributed by atoms with Crippen LogP contribution in [0.5, 0.6) is 5.75 Å². The van der Waals surface area contributed by atoms with E-state index in [1.165, 1.54) is 31.4 Å². The molecule has 0 saturated heterocycles. The molecule has 1 aliphatic rings. The first-order chi connectivity index (χ1) is 14.4. The third-order valence-corrected chi connectivity index (χ3v) is 4.87. The van der Waals surface area contributed by atoms with E-state index in [2.05, 4.69) is 4.74 Å². The number of aliphatic hydroxyl groups excluding tert-OH is 2. The Kier molecular flexibility index (Phi) is 9.93. The molecule has 2 rings (SSSR count). The molecule has 0 aliphatic heterocycles. The standard InChI is InChI=1S/C22H29FO7/c1-28-21(27)7-5-3-2-4-6-18-19(25)12-20(26)22(18)30-14-16(24)13-29-17-10-8-15(23)9-11-17/h2,4,8-11,16,18,20,22,24,26H,3,5-7,12-14H2,1H3/t16?,18-,20+,22+/m0/s1. The number of unbranched alkanes of at least 4 members (excludes halogenated alkanes) is 1. The highest BCUT2D eigenvalue weighted by Gasteiger charge is 2.41. The number of carbonyl (C=O) groups excluding carboxylic acids is 2. The van der Waals surface area contributed by atoms with Gasteiger partial charge in [-0.2, -0.15) is 0 Å². The molecule has 7 nitrogen and oxygen atoms in total. The van der Waals surface area contributed by atoms with E-state index in [1.54, 1.807) is 0 Å². The molecule has 1 fully saturated rings. The lowest BCUT2D eigenvalue weighted by Crippen LogP contribution is -2.34. The fourth-order valence-electron chi connectivity index (χ4n) is 3.24. The number of hydrogen-bond acceptors (Lipinski definition) is 7. The predicted octanol–water partition coefficient (Wildman–Crippen LogP) is 2.19. The van der Waals surface area contributed by atoms with Gasteiger partial charge >= 0.3 is 5.97 Å². The molecule has 1 aromatic carbocycles. The average molecular weight is 424 g/mol. The van der Waals surface area contributed by atoms with Crippen LogP contribution in [0.2, 0.25) is 0 Å². The van der Waals surface area contributed by atoms with Gasteiger partial charge in [-0.15, -0.1) is 0 Å². The summed E-state index contributed by atoms with van der Waals surface area (Å²) in [6.45, 7) is -0.164. The van der Waals surface area contributed by atoms with Gasteiger partial charge in [0.2, 0.25) is 0 Å². The van der Waals surface area contributed by atoms with Gasteiger partial charge in [0.25, 0.3) is 0 Å². The Morgan fingerprint density at radius 1 is 1.27 bits per heavy atom. The molecule has 166 valence electrons. The summed E-state index contributed by atoms with van der Waals surface area (Å²) in [5.74, 6) is -0.782. The molecule has 0 amide bonds. The van der Waals surface area contributed by atoms with Gasteiger partial charge in [-0.25, -0.2) is 4.39 Å². The lowest BCUT2D eigenvalue weighted by Gasteiger charge is -2.22. The van der Waals surface area contributed by atoms with Crippen LogP contribution < -0.4 is 4.74 Å². The maximum Gasteiger partial charge on any atom is 0.305 e. The Hall–Kier alpha value is -2.29. The van der Waals surface area contributed by atoms with E-state index < -0.39 is 24.2 Å². The van der Waals surface area contributed by atoms with Crippen LogP contribution in [0.3, 0.4) is 0 Å². The van der Waals surface area contributed by atoms with E-state index in [9.17, 15) is 24.2 Å². The second-order valence-electron chi connectivity index (χ2n) is 7.24. The molecule has 0 radical (unpaired) electrons. The maximum absolute atomic E-state index is 12.9. The largest absolute Gasteiger partial charge is 0.491 e. The third-order valence-electron chi connectivity index (χ3n) is 4.87. The maximum atomic E-state index is 12.9. The van der Waals surface area contributed by atoms with Gasteiger partial charge in [0.05, 0.1) is 25.9 Å². The summed E-state index contributed by atoms with van der Waals surface area (Å²) in [5.41, 5.74) is 0. The molecule has 0 heterocycles. The van der Waals surface area contributed by atoms with Crippen LogP contribution in [-0.2, 0) is 19.1 Å². The molecule has 0 bridgehead atoms. The van der Waals surface area contributed by atoms with Gasteiger partial charge in [-0.05, 0) is 43.5 Å². The number of hydrogen-bond donors (Lipinski definition) is 2. The van der Waals surface area contributed by atoms with E-state index in [0.29, 0.717) is 31.4 Å². The SMILES string of the molecule is COC(=O)CCCC=CC[C@H]1C(=O)C[C@@H](O)[C@@H]1OCC(O)COc1ccc(F)cc1. The van der Waals surface area contributed by atoms with Crippen molar-refractivity contribution in [1.29, 1.82) is 0 Å². The van der Waals surface area contributed by atoms with Gasteiger partial charge in [0, 0.05) is 18.8 Å². The molecule has 1 aliphatic carbocycles. The summed E-state index contributed by atoms with van der Waals surface area (Å²) in [6, 6.07) is 5.42. The minimum Gasteiger partial charge on any atom is -0.491 e. The molecule has 8 heteroatoms. The van der Waals surface area contributed by atoms with Crippen molar-refractivity contribution in [3.8, 4) is 5.75 Å². The highest BCUT2D eigenvalue weighted by atomic mass is 19.1. The van der Waals surface area contributed by atoms with E-state index in [4.69, 9.17) is 9.47 Å². The van der Waals surface area contributed by atoms with Crippen molar-refractivity contribution in [3.05, 3.63) is 42.2 Å². The van der Waals surface area contributed by atoms with E-state index in [-0.39, 0.29) is 37.2 Å². The number of ketones is 1. The van der Waals surface area contributed by atoms with Crippen LogP contribution in [0.15, 0.2) is 36.4 Å². The summed E-state index contributed by atoms with van der Waals surface area (Å²) in [6.07, 6.45) is 3.28. The summed E-state index contributed by atoms with van der Waals surface area (Å²) in [4.78, 5) is 23.2. The molecule has 30 heavy (non-hydrogen) atoms. The first-order valence-corrected chi connectivity index (χ1v) is 10.0. The summed E-state index contributed by atoms with van der Waals surface area (Å²) < 4.78 is 28.5. The molecular weight excluding hydrogens is 395 g/mol. The zero-order chi connectivity index (χ0) is 21.9. The topological polar surface area (TPSA) is 102 Å². The van der Waals surface area contributed by atoms with Crippen LogP contribution in [0.25, 0.3) is 0 Å². The number of esters is 1. The van der Waals surface area contributed by atoms with E-state index >= 15 is 0 Å². The zero-order valence-corrected chi connectivity index (χ0v) is 17.0. The van der Waals surface area contributed by atoms with Crippen LogP contribution in [-0.4, -0.2) is 60.6 Å². The van der Waals surface area contributed by atoms with Gasteiger partial charge < -0.3 is 24.4 Å². The lowest BCUT2D eigenvalue weighted by atomic mass is 9.99. The smallest absolute Gasteiger partial charge is 0.305 e. The summed E-state index contributed by atoms with van der Waals surface area (Å²) in [5, 5.41) is 20.2. The second kappa shape index (κ2) is 12.4. The van der Waals surface area contributed by atoms with Crippen LogP contribution >= 0.6 is 0 Å². The molecule has 2 N–H and O–H groups in total. The number of halogens is 1. The lowest BCUT2D eigenvalue weighted by molar-refractivity contribution is -0.140. The number of ether oxygens (including phenoxy) is 3. The fraction of sp³-hybridized carbons (Fsp3) is 0.545. The zero-order valence-electron chi connectivity index (χ0n) is 17.0. The number of methoxy groups -OCH3 is 1. The van der Waals surface area contributed by atoms with Crippen LogP contribution in [0.4, 0.5) is 4.39 Å². The third kappa shape index (κ3) is 7.85. The van der Waals surface area contributed by atoms with Gasteiger partial charge in [0.15, 0.2) is 0 Å². The molecule has 4 atom stereocenters. The van der Waals surface area contributed by atoms with Crippen molar-refractivity contribution in [3.63, 3.8) is 0 Å². The molecule has 1 saturated carbocycles. The Bertz CT molecular complexity index is 704. The van der Waals surface area contributed by atoms with Crippen LogP contribution in [0, 0.1) is 11.7 Å². The van der Waals surface area contributed by atoms with Crippen molar-refractivity contribution >= 4 is 11.8 Å². The Morgan fingerprint density at radius 2 is 2.00 bits per heavy atom. The highest BCUT2D eigenvalue weighted by molar-refractivity contribution is 5.85. The number of carbonyl (C=O) groups is 2. The number of benzene rings is 1. The number of Topliss-reactive ketones (excluding diaryl/α,β-unsaturated/α-hetero) is 1. The van der Waals surface area contributed by atoms with Crippen LogP contribution in [0.1, 0.15) is 32.1 Å². The molecule has 1 unspecified atom stereocenters. The molecular formula is C22H29FO7. The minimum atomic E-state index is -0.965. The molecule has 0 spiro atoms. The Morgan fingerprint density at radius 3 is 2.70 bits per heavy atom. The van der Waals surface area contributed by atoms with E-state index in [0.717, 1.165) is 0 Å². The van der Waals surface area contributed by atoms with Crippen molar-refractivity contribution in [1.82, 2.24) is 0 Å². The van der Waals surface area contributed by atoms with Gasteiger partial charge in [-0.3, -0.25) is 9.59 Å². The predicted molar refractivity (Wildman–Crippen MR) is 106 cm³/mol. The van der Waals surface area contributed by atoms with Crippen molar-refractivity contribution in [2.24, 2.45) is 5.92 Å². The van der Waals surface area contributed by atoms with Gasteiger partial charge in [-0.1, -0.05) is 12.2 Å². The number of allylic oxidation sites excluding steroid dienone is 2. The van der Waals surface area contributed by atoms with Crippen molar-refractivity contribution in [2.45, 2.75) is 50.4 Å².